The number of carbonyl (C=O) groups is 1. The van der Waals surface area contributed by atoms with E-state index in [2.05, 4.69) is 21.2 Å². The monoisotopic (exact) mass is 337 g/mol. The maximum absolute atomic E-state index is 12.9. The lowest BCUT2D eigenvalue weighted by Gasteiger charge is -2.35. The van der Waals surface area contributed by atoms with Gasteiger partial charge in [-0.25, -0.2) is 13.2 Å². The molecule has 1 N–H and O–H groups in total. The molecule has 0 atom stereocenters. The van der Waals surface area contributed by atoms with Crippen LogP contribution in [0.4, 0.5) is 13.2 Å². The highest BCUT2D eigenvalue weighted by Crippen LogP contribution is 2.37. The zero-order valence-electron chi connectivity index (χ0n) is 9.76. The Morgan fingerprint density at radius 1 is 1.47 bits per heavy atom. The lowest BCUT2D eigenvalue weighted by atomic mass is 9.88. The summed E-state index contributed by atoms with van der Waals surface area (Å²) in [4.78, 5) is 11.4. The van der Waals surface area contributed by atoms with E-state index in [9.17, 15) is 18.0 Å². The van der Waals surface area contributed by atoms with Crippen molar-refractivity contribution >= 4 is 21.8 Å². The van der Waals surface area contributed by atoms with E-state index < -0.39 is 23.7 Å². The van der Waals surface area contributed by atoms with E-state index in [-0.39, 0.29) is 25.2 Å². The number of ether oxygens (including phenoxy) is 1. The molecule has 1 amide bonds. The molecule has 1 aromatic rings. The average Bonchev–Trinajstić information content (AvgIpc) is 2.28. The van der Waals surface area contributed by atoms with Crippen LogP contribution >= 0.6 is 15.9 Å². The van der Waals surface area contributed by atoms with E-state index in [0.29, 0.717) is 4.47 Å². The predicted octanol–water partition coefficient (Wildman–Crippen LogP) is 2.88. The van der Waals surface area contributed by atoms with E-state index in [0.717, 1.165) is 6.07 Å². The third-order valence-electron chi connectivity index (χ3n) is 2.71. The molecular formula is C12H11BrF3NO2. The van der Waals surface area contributed by atoms with Crippen molar-refractivity contribution in [1.82, 2.24) is 5.32 Å². The fourth-order valence-corrected chi connectivity index (χ4v) is 2.12. The fourth-order valence-electron chi connectivity index (χ4n) is 1.76. The van der Waals surface area contributed by atoms with Crippen molar-refractivity contribution < 1.29 is 22.7 Å². The van der Waals surface area contributed by atoms with Gasteiger partial charge in [0, 0.05) is 24.9 Å². The second-order valence-corrected chi connectivity index (χ2v) is 5.25. The number of nitrogens with one attached hydrogen (secondary N) is 1. The minimum Gasteiger partial charge on any atom is -0.482 e. The molecule has 0 aliphatic heterocycles. The molecule has 7 heteroatoms. The van der Waals surface area contributed by atoms with E-state index in [1.807, 2.05) is 0 Å². The smallest absolute Gasteiger partial charge is 0.258 e. The van der Waals surface area contributed by atoms with Crippen LogP contribution in [0.2, 0.25) is 0 Å². The first-order valence-corrected chi connectivity index (χ1v) is 6.40. The number of halogens is 4. The van der Waals surface area contributed by atoms with Gasteiger partial charge in [0.2, 0.25) is 0 Å². The summed E-state index contributed by atoms with van der Waals surface area (Å²) >= 11 is 3.15. The van der Waals surface area contributed by atoms with Crippen LogP contribution in [0, 0.1) is 5.82 Å². The molecule has 104 valence electrons. The van der Waals surface area contributed by atoms with E-state index in [1.165, 1.54) is 12.1 Å². The number of carbonyl (C=O) groups excluding carboxylic acids is 1. The zero-order valence-corrected chi connectivity index (χ0v) is 11.3. The molecule has 0 saturated heterocycles. The number of hydrogen-bond donors (Lipinski definition) is 1. The first-order chi connectivity index (χ1) is 8.85. The molecule has 19 heavy (non-hydrogen) atoms. The molecule has 0 aromatic heterocycles. The van der Waals surface area contributed by atoms with Crippen LogP contribution in [0.15, 0.2) is 22.7 Å². The van der Waals surface area contributed by atoms with Crippen LogP contribution in [0.3, 0.4) is 0 Å². The van der Waals surface area contributed by atoms with Crippen LogP contribution in [0.1, 0.15) is 12.8 Å². The predicted molar refractivity (Wildman–Crippen MR) is 65.7 cm³/mol. The first kappa shape index (κ1) is 14.2. The van der Waals surface area contributed by atoms with Crippen LogP contribution in [-0.4, -0.2) is 24.5 Å². The molecule has 0 radical (unpaired) electrons. The standard InChI is InChI=1S/C12H11BrF3NO2/c13-9-2-1-7(14)3-10(9)19-6-11(18)17-8-4-12(15,16)5-8/h1-3,8H,4-6H2,(H,17,18). The zero-order chi connectivity index (χ0) is 14.0. The number of benzene rings is 1. The summed E-state index contributed by atoms with van der Waals surface area (Å²) in [7, 11) is 0. The Bertz CT molecular complexity index is 488. The van der Waals surface area contributed by atoms with Crippen molar-refractivity contribution in [3.05, 3.63) is 28.5 Å². The number of amides is 1. The third kappa shape index (κ3) is 3.86. The molecule has 2 rings (SSSR count). The SMILES string of the molecule is O=C(COc1cc(F)ccc1Br)NC1CC(F)(F)C1. The van der Waals surface area contributed by atoms with Crippen molar-refractivity contribution in [2.75, 3.05) is 6.61 Å². The summed E-state index contributed by atoms with van der Waals surface area (Å²) in [5.74, 6) is -3.48. The van der Waals surface area contributed by atoms with Crippen molar-refractivity contribution in [3.63, 3.8) is 0 Å². The van der Waals surface area contributed by atoms with Crippen molar-refractivity contribution in [3.8, 4) is 5.75 Å². The van der Waals surface area contributed by atoms with Gasteiger partial charge in [0.25, 0.3) is 11.8 Å². The Morgan fingerprint density at radius 3 is 2.79 bits per heavy atom. The highest BCUT2D eigenvalue weighted by Gasteiger charge is 2.45. The Morgan fingerprint density at radius 2 is 2.16 bits per heavy atom. The summed E-state index contributed by atoms with van der Waals surface area (Å²) < 4.78 is 43.7. The maximum Gasteiger partial charge on any atom is 0.258 e. The topological polar surface area (TPSA) is 38.3 Å². The summed E-state index contributed by atoms with van der Waals surface area (Å²) in [5, 5.41) is 2.42. The summed E-state index contributed by atoms with van der Waals surface area (Å²) in [6.07, 6.45) is -0.690. The Labute approximate surface area is 116 Å². The van der Waals surface area contributed by atoms with Crippen LogP contribution < -0.4 is 10.1 Å². The molecular weight excluding hydrogens is 327 g/mol. The van der Waals surface area contributed by atoms with Crippen LogP contribution in [-0.2, 0) is 4.79 Å². The highest BCUT2D eigenvalue weighted by molar-refractivity contribution is 9.10. The molecule has 1 aromatic carbocycles. The van der Waals surface area contributed by atoms with Gasteiger partial charge in [0.15, 0.2) is 6.61 Å². The van der Waals surface area contributed by atoms with E-state index in [4.69, 9.17) is 4.74 Å². The molecule has 0 unspecified atom stereocenters. The van der Waals surface area contributed by atoms with Gasteiger partial charge >= 0.3 is 0 Å². The largest absolute Gasteiger partial charge is 0.482 e. The minimum absolute atomic E-state index is 0.189. The maximum atomic E-state index is 12.9. The lowest BCUT2D eigenvalue weighted by molar-refractivity contribution is -0.131. The van der Waals surface area contributed by atoms with Crippen LogP contribution in [0.25, 0.3) is 0 Å². The fraction of sp³-hybridized carbons (Fsp3) is 0.417. The summed E-state index contributed by atoms with van der Waals surface area (Å²) in [5.41, 5.74) is 0. The second-order valence-electron chi connectivity index (χ2n) is 4.39. The van der Waals surface area contributed by atoms with Gasteiger partial charge in [-0.1, -0.05) is 0 Å². The third-order valence-corrected chi connectivity index (χ3v) is 3.36. The number of rotatable bonds is 4. The number of alkyl halides is 2. The van der Waals surface area contributed by atoms with Gasteiger partial charge < -0.3 is 10.1 Å². The van der Waals surface area contributed by atoms with Gasteiger partial charge in [-0.05, 0) is 28.1 Å². The quantitative estimate of drug-likeness (QED) is 0.917. The van der Waals surface area contributed by atoms with Crippen molar-refractivity contribution in [1.29, 1.82) is 0 Å². The van der Waals surface area contributed by atoms with Crippen molar-refractivity contribution in [2.45, 2.75) is 24.8 Å². The van der Waals surface area contributed by atoms with Gasteiger partial charge in [-0.2, -0.15) is 0 Å². The van der Waals surface area contributed by atoms with Crippen molar-refractivity contribution in [2.24, 2.45) is 0 Å². The van der Waals surface area contributed by atoms with Gasteiger partial charge in [0.1, 0.15) is 11.6 Å². The molecule has 1 saturated carbocycles. The minimum atomic E-state index is -2.68. The number of hydrogen-bond acceptors (Lipinski definition) is 2. The molecule has 1 aliphatic carbocycles. The van der Waals surface area contributed by atoms with Gasteiger partial charge in [0.05, 0.1) is 4.47 Å². The summed E-state index contributed by atoms with van der Waals surface area (Å²) in [6, 6.07) is 3.32. The Balaban J connectivity index is 1.79. The van der Waals surface area contributed by atoms with Gasteiger partial charge in [-0.15, -0.1) is 0 Å². The van der Waals surface area contributed by atoms with Crippen LogP contribution in [0.5, 0.6) is 5.75 Å². The normalized spacial score (nSPS) is 17.7. The van der Waals surface area contributed by atoms with E-state index >= 15 is 0 Å². The average molecular weight is 338 g/mol. The van der Waals surface area contributed by atoms with Gasteiger partial charge in [-0.3, -0.25) is 4.79 Å². The van der Waals surface area contributed by atoms with E-state index in [1.54, 1.807) is 0 Å². The first-order valence-electron chi connectivity index (χ1n) is 5.61. The molecule has 1 fully saturated rings. The Hall–Kier alpha value is -1.24. The molecule has 3 nitrogen and oxygen atoms in total. The second kappa shape index (κ2) is 5.40. The molecule has 0 heterocycles. The lowest BCUT2D eigenvalue weighted by Crippen LogP contribution is -2.51. The highest BCUT2D eigenvalue weighted by atomic mass is 79.9. The molecule has 0 spiro atoms. The Kier molecular flexibility index (Phi) is 4.03. The molecule has 0 bridgehead atoms. The molecule has 1 aliphatic rings. The summed E-state index contributed by atoms with van der Waals surface area (Å²) in [6.45, 7) is -0.343.